The molecule has 0 aliphatic rings. The molecule has 0 saturated carbocycles. The zero-order chi connectivity index (χ0) is 15.8. The van der Waals surface area contributed by atoms with E-state index in [1.165, 1.54) is 0 Å². The lowest BCUT2D eigenvalue weighted by atomic mass is 10.2. The summed E-state index contributed by atoms with van der Waals surface area (Å²) in [6, 6.07) is 17.4. The summed E-state index contributed by atoms with van der Waals surface area (Å²) in [7, 11) is 0. The van der Waals surface area contributed by atoms with Gasteiger partial charge in [0.1, 0.15) is 12.6 Å². The molecule has 1 atom stereocenters. The second kappa shape index (κ2) is 8.34. The van der Waals surface area contributed by atoms with Gasteiger partial charge >= 0.3 is 5.97 Å². The Bertz CT molecular complexity index is 616. The Morgan fingerprint density at radius 1 is 1.00 bits per heavy atom. The number of esters is 1. The number of nitrogens with one attached hydrogen (secondary N) is 1. The van der Waals surface area contributed by atoms with E-state index in [2.05, 4.69) is 21.2 Å². The van der Waals surface area contributed by atoms with Crippen molar-refractivity contribution in [2.75, 3.05) is 5.33 Å². The zero-order valence-electron chi connectivity index (χ0n) is 11.9. The molecule has 1 N–H and O–H groups in total. The van der Waals surface area contributed by atoms with Gasteiger partial charge in [-0.25, -0.2) is 4.79 Å². The molecule has 0 aliphatic heterocycles. The number of hydrogen-bond donors (Lipinski definition) is 1. The number of alkyl halides is 1. The van der Waals surface area contributed by atoms with Crippen LogP contribution in [0.5, 0.6) is 0 Å². The Morgan fingerprint density at radius 3 is 2.18 bits per heavy atom. The number of benzene rings is 2. The molecule has 4 nitrogen and oxygen atoms in total. The number of hydrogen-bond acceptors (Lipinski definition) is 3. The van der Waals surface area contributed by atoms with Crippen molar-refractivity contribution in [3.63, 3.8) is 0 Å². The maximum absolute atomic E-state index is 12.1. The van der Waals surface area contributed by atoms with E-state index in [0.29, 0.717) is 10.9 Å². The largest absolute Gasteiger partial charge is 0.459 e. The third kappa shape index (κ3) is 4.70. The molecule has 0 bridgehead atoms. The molecular formula is C17H16BrNO3. The first-order valence-corrected chi connectivity index (χ1v) is 7.95. The Kier molecular flexibility index (Phi) is 6.15. The topological polar surface area (TPSA) is 55.4 Å². The molecule has 5 heteroatoms. The standard InChI is InChI=1S/C17H16BrNO3/c18-11-15(19-16(20)14-9-5-2-6-10-14)17(21)22-12-13-7-3-1-4-8-13/h1-10,15H,11-12H2,(H,19,20)/t15-/m1/s1. The Balaban J connectivity index is 1.90. The van der Waals surface area contributed by atoms with E-state index in [9.17, 15) is 9.59 Å². The molecule has 0 heterocycles. The molecular weight excluding hydrogens is 346 g/mol. The number of ether oxygens (including phenoxy) is 1. The van der Waals surface area contributed by atoms with Crippen LogP contribution in [0.3, 0.4) is 0 Å². The second-order valence-corrected chi connectivity index (χ2v) is 5.29. The normalized spacial score (nSPS) is 11.5. The summed E-state index contributed by atoms with van der Waals surface area (Å²) < 4.78 is 5.23. The fourth-order valence-electron chi connectivity index (χ4n) is 1.82. The minimum atomic E-state index is -0.726. The van der Waals surface area contributed by atoms with E-state index in [0.717, 1.165) is 5.56 Å². The highest BCUT2D eigenvalue weighted by molar-refractivity contribution is 9.09. The number of carbonyl (C=O) groups excluding carboxylic acids is 2. The van der Waals surface area contributed by atoms with Crippen LogP contribution in [-0.2, 0) is 16.1 Å². The third-order valence-corrected chi connectivity index (χ3v) is 3.65. The average Bonchev–Trinajstić information content (AvgIpc) is 2.59. The van der Waals surface area contributed by atoms with Crippen molar-refractivity contribution in [3.05, 3.63) is 71.8 Å². The summed E-state index contributed by atoms with van der Waals surface area (Å²) >= 11 is 3.23. The van der Waals surface area contributed by atoms with E-state index in [1.807, 2.05) is 36.4 Å². The quantitative estimate of drug-likeness (QED) is 0.635. The molecule has 2 aromatic carbocycles. The fraction of sp³-hybridized carbons (Fsp3) is 0.176. The van der Waals surface area contributed by atoms with Gasteiger partial charge in [0.2, 0.25) is 0 Å². The maximum atomic E-state index is 12.1. The minimum Gasteiger partial charge on any atom is -0.459 e. The first-order valence-electron chi connectivity index (χ1n) is 6.83. The van der Waals surface area contributed by atoms with Crippen LogP contribution in [0.25, 0.3) is 0 Å². The van der Waals surface area contributed by atoms with Crippen molar-refractivity contribution in [1.29, 1.82) is 0 Å². The van der Waals surface area contributed by atoms with Crippen molar-refractivity contribution >= 4 is 27.8 Å². The zero-order valence-corrected chi connectivity index (χ0v) is 13.5. The smallest absolute Gasteiger partial charge is 0.329 e. The van der Waals surface area contributed by atoms with Crippen molar-refractivity contribution in [3.8, 4) is 0 Å². The van der Waals surface area contributed by atoms with Crippen LogP contribution in [0.15, 0.2) is 60.7 Å². The van der Waals surface area contributed by atoms with Crippen molar-refractivity contribution < 1.29 is 14.3 Å². The highest BCUT2D eigenvalue weighted by Crippen LogP contribution is 2.05. The van der Waals surface area contributed by atoms with Gasteiger partial charge in [0.15, 0.2) is 0 Å². The summed E-state index contributed by atoms with van der Waals surface area (Å²) in [5.74, 6) is -0.772. The third-order valence-electron chi connectivity index (χ3n) is 3.00. The van der Waals surface area contributed by atoms with Gasteiger partial charge < -0.3 is 10.1 Å². The molecule has 0 saturated heterocycles. The van der Waals surface area contributed by atoms with Gasteiger partial charge in [-0.3, -0.25) is 4.79 Å². The summed E-state index contributed by atoms with van der Waals surface area (Å²) in [5.41, 5.74) is 1.41. The lowest BCUT2D eigenvalue weighted by molar-refractivity contribution is -0.146. The van der Waals surface area contributed by atoms with E-state index in [-0.39, 0.29) is 12.5 Å². The Morgan fingerprint density at radius 2 is 1.59 bits per heavy atom. The van der Waals surface area contributed by atoms with E-state index >= 15 is 0 Å². The molecule has 0 unspecified atom stereocenters. The monoisotopic (exact) mass is 361 g/mol. The molecule has 0 fully saturated rings. The van der Waals surface area contributed by atoms with Gasteiger partial charge in [0.25, 0.3) is 5.91 Å². The molecule has 0 spiro atoms. The van der Waals surface area contributed by atoms with E-state index in [4.69, 9.17) is 4.74 Å². The van der Waals surface area contributed by atoms with Crippen LogP contribution in [0.4, 0.5) is 0 Å². The molecule has 1 amide bonds. The van der Waals surface area contributed by atoms with Crippen molar-refractivity contribution in [2.45, 2.75) is 12.6 Å². The predicted molar refractivity (Wildman–Crippen MR) is 87.7 cm³/mol. The van der Waals surface area contributed by atoms with E-state index < -0.39 is 12.0 Å². The van der Waals surface area contributed by atoms with Crippen LogP contribution in [0.2, 0.25) is 0 Å². The van der Waals surface area contributed by atoms with Gasteiger partial charge in [-0.05, 0) is 17.7 Å². The van der Waals surface area contributed by atoms with Crippen LogP contribution in [0, 0.1) is 0 Å². The molecule has 114 valence electrons. The highest BCUT2D eigenvalue weighted by Gasteiger charge is 2.21. The van der Waals surface area contributed by atoms with Crippen molar-refractivity contribution in [1.82, 2.24) is 5.32 Å². The Labute approximate surface area is 137 Å². The SMILES string of the molecule is O=C(N[C@H](CBr)C(=O)OCc1ccccc1)c1ccccc1. The van der Waals surface area contributed by atoms with Gasteiger partial charge in [0.05, 0.1) is 0 Å². The average molecular weight is 362 g/mol. The highest BCUT2D eigenvalue weighted by atomic mass is 79.9. The lowest BCUT2D eigenvalue weighted by Crippen LogP contribution is -2.43. The van der Waals surface area contributed by atoms with Gasteiger partial charge in [-0.15, -0.1) is 0 Å². The number of rotatable bonds is 6. The number of amides is 1. The van der Waals surface area contributed by atoms with Crippen molar-refractivity contribution in [2.24, 2.45) is 0 Å². The fourth-order valence-corrected chi connectivity index (χ4v) is 2.25. The first kappa shape index (κ1) is 16.2. The summed E-state index contributed by atoms with van der Waals surface area (Å²) in [5, 5.41) is 2.95. The summed E-state index contributed by atoms with van der Waals surface area (Å²) in [6.07, 6.45) is 0. The van der Waals surface area contributed by atoms with Gasteiger partial charge in [0, 0.05) is 10.9 Å². The summed E-state index contributed by atoms with van der Waals surface area (Å²) in [4.78, 5) is 24.1. The molecule has 2 aromatic rings. The molecule has 2 rings (SSSR count). The molecule has 0 aliphatic carbocycles. The van der Waals surface area contributed by atoms with Gasteiger partial charge in [-0.1, -0.05) is 64.5 Å². The first-order chi connectivity index (χ1) is 10.7. The summed E-state index contributed by atoms with van der Waals surface area (Å²) in [6.45, 7) is 0.185. The van der Waals surface area contributed by atoms with Crippen LogP contribution in [0.1, 0.15) is 15.9 Å². The molecule has 22 heavy (non-hydrogen) atoms. The Hall–Kier alpha value is -2.14. The van der Waals surface area contributed by atoms with Crippen LogP contribution in [-0.4, -0.2) is 23.2 Å². The van der Waals surface area contributed by atoms with Crippen LogP contribution < -0.4 is 5.32 Å². The lowest BCUT2D eigenvalue weighted by Gasteiger charge is -2.15. The van der Waals surface area contributed by atoms with Crippen LogP contribution >= 0.6 is 15.9 Å². The molecule has 0 radical (unpaired) electrons. The second-order valence-electron chi connectivity index (χ2n) is 4.64. The predicted octanol–water partition coefficient (Wildman–Crippen LogP) is 2.92. The maximum Gasteiger partial charge on any atom is 0.329 e. The number of carbonyl (C=O) groups is 2. The van der Waals surface area contributed by atoms with E-state index in [1.54, 1.807) is 24.3 Å². The van der Waals surface area contributed by atoms with Gasteiger partial charge in [-0.2, -0.15) is 0 Å². The minimum absolute atomic E-state index is 0.185. The number of halogens is 1. The molecule has 0 aromatic heterocycles.